The highest BCUT2D eigenvalue weighted by Crippen LogP contribution is 2.13. The summed E-state index contributed by atoms with van der Waals surface area (Å²) in [5.41, 5.74) is 2.73. The molecule has 6 nitrogen and oxygen atoms in total. The van der Waals surface area contributed by atoms with E-state index in [0.717, 1.165) is 29.3 Å². The molecule has 0 bridgehead atoms. The summed E-state index contributed by atoms with van der Waals surface area (Å²) in [5.74, 6) is 0.0809. The fourth-order valence-electron chi connectivity index (χ4n) is 2.07. The van der Waals surface area contributed by atoms with Gasteiger partial charge in [0.2, 0.25) is 10.4 Å². The van der Waals surface area contributed by atoms with E-state index in [4.69, 9.17) is 0 Å². The van der Waals surface area contributed by atoms with Gasteiger partial charge in [0.15, 0.2) is 5.78 Å². The van der Waals surface area contributed by atoms with Crippen molar-refractivity contribution in [1.82, 2.24) is 0 Å². The van der Waals surface area contributed by atoms with Gasteiger partial charge >= 0.3 is 0 Å². The average Bonchev–Trinajstić information content (AvgIpc) is 2.54. The third-order valence-corrected chi connectivity index (χ3v) is 3.52. The Morgan fingerprint density at radius 1 is 0.960 bits per heavy atom. The van der Waals surface area contributed by atoms with Crippen molar-refractivity contribution in [2.75, 3.05) is 28.3 Å². The smallest absolute Gasteiger partial charge is 0.217 e. The van der Waals surface area contributed by atoms with Crippen LogP contribution in [-0.4, -0.2) is 51.5 Å². The Morgan fingerprint density at radius 3 is 1.80 bits per heavy atom. The van der Waals surface area contributed by atoms with Crippen molar-refractivity contribution in [3.63, 3.8) is 0 Å². The summed E-state index contributed by atoms with van der Waals surface area (Å²) in [7, 11) is 2.86. The minimum Gasteiger partial charge on any atom is -0.726 e. The van der Waals surface area contributed by atoms with E-state index in [-0.39, 0.29) is 5.78 Å². The lowest BCUT2D eigenvalue weighted by molar-refractivity contribution is -0.884. The maximum Gasteiger partial charge on any atom is 0.217 e. The zero-order valence-corrected chi connectivity index (χ0v) is 15.6. The molecule has 0 unspecified atom stereocenters. The Kier molecular flexibility index (Phi) is 7.44. The summed E-state index contributed by atoms with van der Waals surface area (Å²) < 4.78 is 31.9. The highest BCUT2D eigenvalue weighted by molar-refractivity contribution is 7.80. The summed E-state index contributed by atoms with van der Waals surface area (Å²) in [4.78, 5) is 12.2. The first-order valence-corrected chi connectivity index (χ1v) is 8.86. The first-order chi connectivity index (χ1) is 11.5. The molecule has 0 amide bonds. The van der Waals surface area contributed by atoms with E-state index < -0.39 is 10.4 Å². The van der Waals surface area contributed by atoms with Gasteiger partial charge in [-0.3, -0.25) is 8.98 Å². The molecule has 0 aliphatic rings. The van der Waals surface area contributed by atoms with Crippen LogP contribution in [0.4, 0.5) is 0 Å². The molecule has 0 heterocycles. The average molecular weight is 365 g/mol. The van der Waals surface area contributed by atoms with Crippen LogP contribution in [0.5, 0.6) is 0 Å². The summed E-state index contributed by atoms with van der Waals surface area (Å²) in [6.07, 6.45) is 0. The van der Waals surface area contributed by atoms with E-state index >= 15 is 0 Å². The molecule has 0 spiro atoms. The van der Waals surface area contributed by atoms with Crippen LogP contribution in [-0.2, 0) is 21.1 Å². The van der Waals surface area contributed by atoms with Gasteiger partial charge in [0.25, 0.3) is 0 Å². The number of rotatable bonds is 5. The molecule has 0 aliphatic carbocycles. The molecule has 2 rings (SSSR count). The fourth-order valence-corrected chi connectivity index (χ4v) is 2.07. The second kappa shape index (κ2) is 8.87. The van der Waals surface area contributed by atoms with E-state index in [9.17, 15) is 17.8 Å². The molecular weight excluding hydrogens is 342 g/mol. The van der Waals surface area contributed by atoms with Crippen LogP contribution >= 0.6 is 0 Å². The second-order valence-corrected chi connectivity index (χ2v) is 7.57. The second-order valence-electron chi connectivity index (χ2n) is 6.42. The summed E-state index contributed by atoms with van der Waals surface area (Å²) in [5, 5.41) is 0. The van der Waals surface area contributed by atoms with E-state index in [2.05, 4.69) is 25.3 Å². The lowest BCUT2D eigenvalue weighted by Crippen LogP contribution is -2.33. The molecule has 0 radical (unpaired) electrons. The van der Waals surface area contributed by atoms with Crippen LogP contribution in [0.3, 0.4) is 0 Å². The van der Waals surface area contributed by atoms with Gasteiger partial charge in [0.1, 0.15) is 6.54 Å². The number of benzene rings is 2. The summed E-state index contributed by atoms with van der Waals surface area (Å²) in [6, 6.07) is 17.3. The van der Waals surface area contributed by atoms with Crippen molar-refractivity contribution >= 4 is 16.2 Å². The van der Waals surface area contributed by atoms with Gasteiger partial charge in [0, 0.05) is 16.7 Å². The first-order valence-electron chi connectivity index (χ1n) is 7.52. The molecule has 0 atom stereocenters. The van der Waals surface area contributed by atoms with Crippen molar-refractivity contribution in [2.24, 2.45) is 0 Å². The SMILES string of the molecule is COS(=O)(=O)[O-].C[N+](C)(C)Cc1ccc(C(=O)c2ccccc2)cc1. The summed E-state index contributed by atoms with van der Waals surface area (Å²) in [6.45, 7) is 0.958. The highest BCUT2D eigenvalue weighted by Gasteiger charge is 2.11. The van der Waals surface area contributed by atoms with Gasteiger partial charge in [0.05, 0.1) is 28.3 Å². The van der Waals surface area contributed by atoms with Gasteiger partial charge in [-0.05, 0) is 0 Å². The Morgan fingerprint density at radius 2 is 1.40 bits per heavy atom. The zero-order valence-electron chi connectivity index (χ0n) is 14.8. The maximum atomic E-state index is 12.2. The normalized spacial score (nSPS) is 11.4. The molecule has 0 saturated carbocycles. The predicted octanol–water partition coefficient (Wildman–Crippen LogP) is 2.22. The molecule has 25 heavy (non-hydrogen) atoms. The van der Waals surface area contributed by atoms with E-state index in [1.165, 1.54) is 5.56 Å². The van der Waals surface area contributed by atoms with Gasteiger partial charge in [-0.1, -0.05) is 54.6 Å². The highest BCUT2D eigenvalue weighted by atomic mass is 32.3. The fraction of sp³-hybridized carbons (Fsp3) is 0.278. The Bertz CT molecular complexity index is 778. The number of carbonyl (C=O) groups excluding carboxylic acids is 1. The Hall–Kier alpha value is -2.06. The van der Waals surface area contributed by atoms with Crippen LogP contribution in [0.2, 0.25) is 0 Å². The molecule has 7 heteroatoms. The van der Waals surface area contributed by atoms with Crippen molar-refractivity contribution in [1.29, 1.82) is 0 Å². The third kappa shape index (κ3) is 8.55. The number of carbonyl (C=O) groups is 1. The molecule has 136 valence electrons. The number of hydrogen-bond donors (Lipinski definition) is 0. The van der Waals surface area contributed by atoms with Crippen LogP contribution in [0, 0.1) is 0 Å². The van der Waals surface area contributed by atoms with Crippen molar-refractivity contribution < 1.29 is 26.4 Å². The minimum absolute atomic E-state index is 0.0809. The number of ketones is 1. The van der Waals surface area contributed by atoms with Crippen molar-refractivity contribution in [3.05, 3.63) is 71.3 Å². The minimum atomic E-state index is -4.41. The lowest BCUT2D eigenvalue weighted by atomic mass is 10.0. The number of quaternary nitrogens is 1. The van der Waals surface area contributed by atoms with E-state index in [0.29, 0.717) is 0 Å². The van der Waals surface area contributed by atoms with E-state index in [1.807, 2.05) is 54.6 Å². The maximum absolute atomic E-state index is 12.2. The first kappa shape index (κ1) is 21.0. The van der Waals surface area contributed by atoms with Gasteiger partial charge in [-0.2, -0.15) is 0 Å². The molecule has 0 aromatic heterocycles. The van der Waals surface area contributed by atoms with Crippen LogP contribution in [0.1, 0.15) is 21.5 Å². The van der Waals surface area contributed by atoms with Gasteiger partial charge in [-0.15, -0.1) is 0 Å². The van der Waals surface area contributed by atoms with Crippen molar-refractivity contribution in [2.45, 2.75) is 6.54 Å². The number of nitrogens with zero attached hydrogens (tertiary/aromatic N) is 1. The molecule has 0 aliphatic heterocycles. The van der Waals surface area contributed by atoms with Gasteiger partial charge < -0.3 is 9.04 Å². The molecule has 0 saturated heterocycles. The lowest BCUT2D eigenvalue weighted by Gasteiger charge is -2.23. The largest absolute Gasteiger partial charge is 0.726 e. The molecule has 0 N–H and O–H groups in total. The van der Waals surface area contributed by atoms with Crippen LogP contribution in [0.25, 0.3) is 0 Å². The quantitative estimate of drug-likeness (QED) is 0.351. The molecule has 2 aromatic rings. The van der Waals surface area contributed by atoms with Crippen molar-refractivity contribution in [3.8, 4) is 0 Å². The molecular formula is C18H23NO5S. The van der Waals surface area contributed by atoms with Crippen LogP contribution in [0.15, 0.2) is 54.6 Å². The molecule has 2 aromatic carbocycles. The third-order valence-electron chi connectivity index (χ3n) is 3.11. The Balaban J connectivity index is 0.000000450. The standard InChI is InChI=1S/C17H20NO.CH4O4S/c1-18(2,3)13-14-9-11-16(12-10-14)17(19)15-7-5-4-6-8-15;1-5-6(2,3)4/h4-12H,13H2,1-3H3;1H3,(H,2,3,4)/q+1;/p-1. The predicted molar refractivity (Wildman–Crippen MR) is 94.8 cm³/mol. The monoisotopic (exact) mass is 365 g/mol. The molecule has 0 fully saturated rings. The Labute approximate surface area is 149 Å². The zero-order chi connectivity index (χ0) is 19.1. The topological polar surface area (TPSA) is 83.5 Å². The van der Waals surface area contributed by atoms with Crippen LogP contribution < -0.4 is 0 Å². The number of hydrogen-bond acceptors (Lipinski definition) is 5. The summed E-state index contributed by atoms with van der Waals surface area (Å²) >= 11 is 0. The van der Waals surface area contributed by atoms with E-state index in [1.54, 1.807) is 0 Å². The van der Waals surface area contributed by atoms with Gasteiger partial charge in [-0.25, -0.2) is 8.42 Å².